The first kappa shape index (κ1) is 18.9. The molecule has 0 fully saturated rings. The highest BCUT2D eigenvalue weighted by atomic mass is 35.5. The minimum atomic E-state index is -0.664. The van der Waals surface area contributed by atoms with Gasteiger partial charge in [0, 0.05) is 18.1 Å². The number of para-hydroxylation sites is 2. The van der Waals surface area contributed by atoms with Crippen LogP contribution in [-0.4, -0.2) is 39.1 Å². The van der Waals surface area contributed by atoms with Crippen molar-refractivity contribution in [3.63, 3.8) is 0 Å². The Labute approximate surface area is 157 Å². The Morgan fingerprint density at radius 3 is 2.69 bits per heavy atom. The predicted molar refractivity (Wildman–Crippen MR) is 102 cm³/mol. The molecule has 2 aromatic carbocycles. The zero-order valence-corrected chi connectivity index (χ0v) is 15.3. The van der Waals surface area contributed by atoms with Gasteiger partial charge in [-0.15, -0.1) is 0 Å². The maximum absolute atomic E-state index is 10.4. The molecule has 1 unspecified atom stereocenters. The molecule has 3 rings (SSSR count). The van der Waals surface area contributed by atoms with E-state index in [9.17, 15) is 5.11 Å². The molecule has 1 heterocycles. The SMILES string of the molecule is OCCCc1nc2ccccc2n1CC(O)COCc1ccccc1Cl. The predicted octanol–water partition coefficient (Wildman–Crippen LogP) is 3.19. The van der Waals surface area contributed by atoms with Gasteiger partial charge in [-0.05, 0) is 30.2 Å². The summed E-state index contributed by atoms with van der Waals surface area (Å²) in [5, 5.41) is 20.2. The molecule has 0 saturated carbocycles. The van der Waals surface area contributed by atoms with Gasteiger partial charge in [0.25, 0.3) is 0 Å². The largest absolute Gasteiger partial charge is 0.396 e. The lowest BCUT2D eigenvalue weighted by atomic mass is 10.2. The molecule has 0 aliphatic carbocycles. The van der Waals surface area contributed by atoms with E-state index >= 15 is 0 Å². The van der Waals surface area contributed by atoms with Crippen LogP contribution in [0.2, 0.25) is 5.02 Å². The van der Waals surface area contributed by atoms with Gasteiger partial charge in [-0.3, -0.25) is 0 Å². The van der Waals surface area contributed by atoms with Crippen molar-refractivity contribution in [3.05, 3.63) is 64.9 Å². The van der Waals surface area contributed by atoms with E-state index in [1.54, 1.807) is 0 Å². The van der Waals surface area contributed by atoms with Gasteiger partial charge in [0.2, 0.25) is 0 Å². The maximum atomic E-state index is 10.4. The van der Waals surface area contributed by atoms with E-state index in [-0.39, 0.29) is 13.2 Å². The van der Waals surface area contributed by atoms with Crippen LogP contribution in [0.1, 0.15) is 17.8 Å². The average molecular weight is 375 g/mol. The summed E-state index contributed by atoms with van der Waals surface area (Å²) in [6.45, 7) is 1.08. The van der Waals surface area contributed by atoms with Crippen molar-refractivity contribution < 1.29 is 14.9 Å². The average Bonchev–Trinajstić information content (AvgIpc) is 2.99. The zero-order chi connectivity index (χ0) is 18.4. The van der Waals surface area contributed by atoms with E-state index < -0.39 is 6.10 Å². The molecule has 3 aromatic rings. The molecule has 0 amide bonds. The number of hydrogen-bond donors (Lipinski definition) is 2. The number of hydrogen-bond acceptors (Lipinski definition) is 4. The fourth-order valence-electron chi connectivity index (χ4n) is 2.94. The Balaban J connectivity index is 1.64. The quantitative estimate of drug-likeness (QED) is 0.603. The van der Waals surface area contributed by atoms with Crippen LogP contribution in [0.4, 0.5) is 0 Å². The molecule has 26 heavy (non-hydrogen) atoms. The van der Waals surface area contributed by atoms with Crippen molar-refractivity contribution in [2.75, 3.05) is 13.2 Å². The molecule has 0 aliphatic rings. The molecule has 0 aliphatic heterocycles. The van der Waals surface area contributed by atoms with Crippen LogP contribution in [0, 0.1) is 0 Å². The molecule has 0 saturated heterocycles. The van der Waals surface area contributed by atoms with E-state index in [0.29, 0.717) is 31.0 Å². The molecule has 6 heteroatoms. The highest BCUT2D eigenvalue weighted by Gasteiger charge is 2.14. The van der Waals surface area contributed by atoms with Crippen LogP contribution in [0.25, 0.3) is 11.0 Å². The number of aryl methyl sites for hydroxylation is 1. The van der Waals surface area contributed by atoms with Crippen LogP contribution >= 0.6 is 11.6 Å². The van der Waals surface area contributed by atoms with Crippen molar-refractivity contribution >= 4 is 22.6 Å². The number of aromatic nitrogens is 2. The normalized spacial score (nSPS) is 12.6. The lowest BCUT2D eigenvalue weighted by Crippen LogP contribution is -2.23. The van der Waals surface area contributed by atoms with Crippen molar-refractivity contribution in [2.45, 2.75) is 32.1 Å². The molecule has 0 radical (unpaired) electrons. The van der Waals surface area contributed by atoms with E-state index in [1.165, 1.54) is 0 Å². The smallest absolute Gasteiger partial charge is 0.110 e. The van der Waals surface area contributed by atoms with Gasteiger partial charge in [0.05, 0.1) is 36.9 Å². The third-order valence-electron chi connectivity index (χ3n) is 4.21. The molecule has 1 aromatic heterocycles. The van der Waals surface area contributed by atoms with Crippen molar-refractivity contribution in [1.29, 1.82) is 0 Å². The highest BCUT2D eigenvalue weighted by molar-refractivity contribution is 6.31. The van der Waals surface area contributed by atoms with Crippen molar-refractivity contribution in [2.24, 2.45) is 0 Å². The number of aliphatic hydroxyl groups is 2. The number of halogens is 1. The minimum Gasteiger partial charge on any atom is -0.396 e. The third kappa shape index (κ3) is 4.62. The summed E-state index contributed by atoms with van der Waals surface area (Å²) in [6.07, 6.45) is 0.642. The van der Waals surface area contributed by atoms with Crippen LogP contribution in [0.5, 0.6) is 0 Å². The second-order valence-corrected chi connectivity index (χ2v) is 6.62. The monoisotopic (exact) mass is 374 g/mol. The summed E-state index contributed by atoms with van der Waals surface area (Å²) >= 11 is 6.11. The van der Waals surface area contributed by atoms with Gasteiger partial charge >= 0.3 is 0 Å². The van der Waals surface area contributed by atoms with Crippen LogP contribution < -0.4 is 0 Å². The van der Waals surface area contributed by atoms with E-state index in [4.69, 9.17) is 21.4 Å². The highest BCUT2D eigenvalue weighted by Crippen LogP contribution is 2.19. The zero-order valence-electron chi connectivity index (χ0n) is 14.5. The number of aliphatic hydroxyl groups excluding tert-OH is 2. The van der Waals surface area contributed by atoms with Crippen LogP contribution in [-0.2, 0) is 24.3 Å². The lowest BCUT2D eigenvalue weighted by Gasteiger charge is -2.15. The Morgan fingerprint density at radius 1 is 1.12 bits per heavy atom. The second-order valence-electron chi connectivity index (χ2n) is 6.21. The van der Waals surface area contributed by atoms with Crippen LogP contribution in [0.15, 0.2) is 48.5 Å². The molecule has 138 valence electrons. The lowest BCUT2D eigenvalue weighted by molar-refractivity contribution is 0.0205. The number of fused-ring (bicyclic) bond motifs is 1. The van der Waals surface area contributed by atoms with Crippen molar-refractivity contribution in [1.82, 2.24) is 9.55 Å². The van der Waals surface area contributed by atoms with Gasteiger partial charge in [-0.1, -0.05) is 41.9 Å². The first-order valence-corrected chi connectivity index (χ1v) is 9.11. The molecule has 5 nitrogen and oxygen atoms in total. The third-order valence-corrected chi connectivity index (χ3v) is 4.58. The van der Waals surface area contributed by atoms with Crippen molar-refractivity contribution in [3.8, 4) is 0 Å². The summed E-state index contributed by atoms with van der Waals surface area (Å²) in [7, 11) is 0. The Morgan fingerprint density at radius 2 is 1.88 bits per heavy atom. The summed E-state index contributed by atoms with van der Waals surface area (Å²) in [5.74, 6) is 0.866. The Bertz CT molecular complexity index is 850. The summed E-state index contributed by atoms with van der Waals surface area (Å²) < 4.78 is 7.64. The van der Waals surface area contributed by atoms with E-state index in [1.807, 2.05) is 53.1 Å². The topological polar surface area (TPSA) is 67.5 Å². The molecule has 0 spiro atoms. The Kier molecular flexibility index (Phi) is 6.63. The minimum absolute atomic E-state index is 0.118. The molecular weight excluding hydrogens is 352 g/mol. The van der Waals surface area contributed by atoms with Gasteiger partial charge in [-0.2, -0.15) is 0 Å². The van der Waals surface area contributed by atoms with Gasteiger partial charge in [0.15, 0.2) is 0 Å². The molecule has 2 N–H and O–H groups in total. The number of imidazole rings is 1. The molecule has 0 bridgehead atoms. The number of benzene rings is 2. The van der Waals surface area contributed by atoms with E-state index in [0.717, 1.165) is 22.4 Å². The van der Waals surface area contributed by atoms with Gasteiger partial charge in [0.1, 0.15) is 5.82 Å². The maximum Gasteiger partial charge on any atom is 0.110 e. The van der Waals surface area contributed by atoms with Crippen LogP contribution in [0.3, 0.4) is 0 Å². The molecular formula is C20H23ClN2O3. The number of ether oxygens (including phenoxy) is 1. The van der Waals surface area contributed by atoms with Gasteiger partial charge < -0.3 is 19.5 Å². The van der Waals surface area contributed by atoms with E-state index in [2.05, 4.69) is 4.98 Å². The summed E-state index contributed by atoms with van der Waals surface area (Å²) in [5.41, 5.74) is 2.77. The summed E-state index contributed by atoms with van der Waals surface area (Å²) in [4.78, 5) is 4.63. The number of nitrogens with zero attached hydrogens (tertiary/aromatic N) is 2. The number of rotatable bonds is 9. The molecule has 1 atom stereocenters. The standard InChI is InChI=1S/C20H23ClN2O3/c21-17-7-2-1-6-15(17)13-26-14-16(25)12-23-19-9-4-3-8-18(19)22-20(23)10-5-11-24/h1-4,6-9,16,24-25H,5,10-14H2. The Hall–Kier alpha value is -1.92. The van der Waals surface area contributed by atoms with Gasteiger partial charge in [-0.25, -0.2) is 4.98 Å². The second kappa shape index (κ2) is 9.14. The summed E-state index contributed by atoms with van der Waals surface area (Å²) in [6, 6.07) is 15.4. The first-order chi connectivity index (χ1) is 12.7. The first-order valence-electron chi connectivity index (χ1n) is 8.73. The fraction of sp³-hybridized carbons (Fsp3) is 0.350. The fourth-order valence-corrected chi connectivity index (χ4v) is 3.13.